The number of sulfonamides is 5. The average molecular weight is 1800 g/mol. The molecule has 0 amide bonds. The summed E-state index contributed by atoms with van der Waals surface area (Å²) in [5, 5.41) is 4.19. The Morgan fingerprint density at radius 3 is 1.18 bits per heavy atom. The molecule has 1 N–H and O–H groups in total. The number of aryl methyl sites for hydroxylation is 2. The maximum Gasteiger partial charge on any atom is 0.335 e. The molecule has 670 valence electrons. The first-order valence-electron chi connectivity index (χ1n) is 43.6. The number of aromatic nitrogens is 1. The topological polar surface area (TPSA) is 314 Å². The first-order valence-corrected chi connectivity index (χ1v) is 51.5. The lowest BCUT2D eigenvalue weighted by molar-refractivity contribution is -0.0943. The van der Waals surface area contributed by atoms with Crippen molar-refractivity contribution in [3.05, 3.63) is 151 Å². The average Bonchev–Trinajstić information content (AvgIpc) is 1.59. The van der Waals surface area contributed by atoms with Gasteiger partial charge < -0.3 is 48.0 Å². The number of hydrogen-bond acceptors (Lipinski definition) is 24. The van der Waals surface area contributed by atoms with E-state index in [0.29, 0.717) is 135 Å². The third-order valence-electron chi connectivity index (χ3n) is 26.5. The molecule has 122 heavy (non-hydrogen) atoms. The molecule has 1 aromatic heterocycles. The Labute approximate surface area is 726 Å². The van der Waals surface area contributed by atoms with E-state index in [0.717, 1.165) is 138 Å². The van der Waals surface area contributed by atoms with Gasteiger partial charge >= 0.3 is 11.6 Å². The second-order valence-corrected chi connectivity index (χ2v) is 44.2. The molecule has 3 aliphatic carbocycles. The van der Waals surface area contributed by atoms with E-state index in [1.165, 1.54) is 58.2 Å². The van der Waals surface area contributed by atoms with Gasteiger partial charge in [0.25, 0.3) is 0 Å². The summed E-state index contributed by atoms with van der Waals surface area (Å²) in [6.45, 7) is 25.3. The molecular weight excluding hydrogens is 1680 g/mol. The summed E-state index contributed by atoms with van der Waals surface area (Å²) >= 11 is -0.750. The second kappa shape index (κ2) is 39.5. The van der Waals surface area contributed by atoms with Crippen LogP contribution in [0.2, 0.25) is 0 Å². The highest BCUT2D eigenvalue weighted by atomic mass is 32.2. The molecule has 5 aromatic carbocycles. The van der Waals surface area contributed by atoms with E-state index in [4.69, 9.17) is 36.8 Å². The first kappa shape index (κ1) is 92.5. The number of methoxy groups -OCH3 is 1. The number of nitrogens with zero attached hydrogens (tertiary/aromatic N) is 10. The quantitative estimate of drug-likeness (QED) is 0.0789. The van der Waals surface area contributed by atoms with Gasteiger partial charge in [0.05, 0.1) is 65.2 Å². The molecule has 0 atom stereocenters. The van der Waals surface area contributed by atoms with Crippen molar-refractivity contribution in [3.63, 3.8) is 0 Å². The normalized spacial score (nSPS) is 23.6. The van der Waals surface area contributed by atoms with Gasteiger partial charge in [-0.1, -0.05) is 73.2 Å². The lowest BCUT2D eigenvalue weighted by Gasteiger charge is -2.44. The third kappa shape index (κ3) is 21.2. The maximum absolute atomic E-state index is 13.2. The van der Waals surface area contributed by atoms with Crippen molar-refractivity contribution in [3.8, 4) is 5.75 Å². The van der Waals surface area contributed by atoms with Crippen molar-refractivity contribution < 1.29 is 78.9 Å². The Bertz CT molecular complexity index is 5100. The molecule has 3 saturated carbocycles. The van der Waals surface area contributed by atoms with Crippen LogP contribution in [0.1, 0.15) is 135 Å². The van der Waals surface area contributed by atoms with Crippen molar-refractivity contribution in [1.29, 1.82) is 0 Å². The smallest absolute Gasteiger partial charge is 0.335 e. The molecular formula is C87H123N11O18S6. The fraction of sp³-hybridized carbons (Fsp3) is 0.621. The van der Waals surface area contributed by atoms with Crippen molar-refractivity contribution in [2.45, 2.75) is 196 Å². The molecule has 0 radical (unpaired) electrons. The van der Waals surface area contributed by atoms with Crippen LogP contribution in [-0.4, -0.2) is 289 Å². The van der Waals surface area contributed by atoms with Crippen LogP contribution >= 0.6 is 0 Å². The SMILES string of the molecule is CCc1ccc(S(=O)(=O)N2CCOC23CCN(CC2CC2)CC3)cc1.COc1ccc(S(=O)(=O)N2CCOC23CCN(C(C)C)CC3)cc1.Cc1ccc(S(=O)(=O)N2CCOC23CCN(CC2CC2)CC3)cc1.O=S(=O)(c1cccc2cccnc12)N1CCC2(CC1)NCCO2.O=S(=O)(c1ccccc1)N1CCOC12CCN(CC1CC1)CC2.O=S=O. The first-order chi connectivity index (χ1) is 58.5. The fourth-order valence-electron chi connectivity index (χ4n) is 18.8. The number of ether oxygens (including phenoxy) is 6. The minimum Gasteiger partial charge on any atom is -0.497 e. The van der Waals surface area contributed by atoms with Gasteiger partial charge in [0.1, 0.15) is 39.3 Å². The molecule has 19 rings (SSSR count). The van der Waals surface area contributed by atoms with Crippen LogP contribution in [-0.2, 0) is 91.8 Å². The second-order valence-electron chi connectivity index (χ2n) is 34.7. The monoisotopic (exact) mass is 1800 g/mol. The van der Waals surface area contributed by atoms with Gasteiger partial charge in [-0.05, 0) is 162 Å². The Morgan fingerprint density at radius 1 is 0.434 bits per heavy atom. The Balaban J connectivity index is 0.000000123. The van der Waals surface area contributed by atoms with Gasteiger partial charge in [0.2, 0.25) is 50.1 Å². The lowest BCUT2D eigenvalue weighted by atomic mass is 10.00. The highest BCUT2D eigenvalue weighted by molar-refractivity contribution is 7.90. The lowest BCUT2D eigenvalue weighted by Crippen LogP contribution is -2.55. The molecule has 10 saturated heterocycles. The fourth-order valence-corrected chi connectivity index (χ4v) is 27.3. The zero-order valence-electron chi connectivity index (χ0n) is 71.1. The van der Waals surface area contributed by atoms with Crippen molar-refractivity contribution in [2.75, 3.05) is 158 Å². The predicted octanol–water partition coefficient (Wildman–Crippen LogP) is 9.18. The highest BCUT2D eigenvalue weighted by Gasteiger charge is 2.55. The van der Waals surface area contributed by atoms with Crippen LogP contribution in [0.25, 0.3) is 10.9 Å². The third-order valence-corrected chi connectivity index (χ3v) is 36.3. The number of nitrogens with one attached hydrogen (secondary N) is 1. The van der Waals surface area contributed by atoms with E-state index < -0.39 is 84.6 Å². The van der Waals surface area contributed by atoms with Crippen molar-refractivity contribution in [2.24, 2.45) is 17.8 Å². The summed E-state index contributed by atoms with van der Waals surface area (Å²) in [6, 6.07) is 39.2. The Kier molecular flexibility index (Phi) is 29.9. The van der Waals surface area contributed by atoms with Gasteiger partial charge in [-0.15, -0.1) is 0 Å². The summed E-state index contributed by atoms with van der Waals surface area (Å²) in [7, 11) is -16.1. The Hall–Kier alpha value is -5.72. The summed E-state index contributed by atoms with van der Waals surface area (Å²) < 4.78 is 190. The van der Waals surface area contributed by atoms with Gasteiger partial charge in [0.15, 0.2) is 0 Å². The van der Waals surface area contributed by atoms with Gasteiger partial charge in [-0.25, -0.2) is 42.1 Å². The van der Waals surface area contributed by atoms with Crippen LogP contribution in [0.15, 0.2) is 164 Å². The molecule has 5 spiro atoms. The molecule has 13 fully saturated rings. The zero-order chi connectivity index (χ0) is 86.2. The number of pyridine rings is 1. The number of piperidine rings is 5. The van der Waals surface area contributed by atoms with Crippen LogP contribution in [0, 0.1) is 24.7 Å². The minimum absolute atomic E-state index is 0.284. The molecule has 6 aromatic rings. The van der Waals surface area contributed by atoms with E-state index in [1.807, 2.05) is 55.5 Å². The predicted molar refractivity (Wildman–Crippen MR) is 463 cm³/mol. The molecule has 0 bridgehead atoms. The van der Waals surface area contributed by atoms with E-state index >= 15 is 0 Å². The Morgan fingerprint density at radius 2 is 0.811 bits per heavy atom. The number of fused-ring (bicyclic) bond motifs is 1. The van der Waals surface area contributed by atoms with Crippen LogP contribution in [0.4, 0.5) is 0 Å². The number of rotatable bonds is 19. The largest absolute Gasteiger partial charge is 0.497 e. The maximum atomic E-state index is 13.2. The number of hydrogen-bond donors (Lipinski definition) is 1. The van der Waals surface area contributed by atoms with E-state index in [1.54, 1.807) is 120 Å². The number of benzene rings is 5. The van der Waals surface area contributed by atoms with Gasteiger partial charge in [-0.2, -0.15) is 29.9 Å². The molecule has 10 aliphatic heterocycles. The van der Waals surface area contributed by atoms with Crippen molar-refractivity contribution in [1.82, 2.24) is 51.4 Å². The van der Waals surface area contributed by atoms with E-state index in [-0.39, 0.29) is 10.6 Å². The van der Waals surface area contributed by atoms with E-state index in [2.05, 4.69) is 50.7 Å². The molecule has 13 aliphatic rings. The molecule has 11 heterocycles. The van der Waals surface area contributed by atoms with Gasteiger partial charge in [-0.3, -0.25) is 10.3 Å². The van der Waals surface area contributed by atoms with Crippen LogP contribution in [0.3, 0.4) is 0 Å². The standard InChI is InChI=1S/C19H28N2O3S.C18H26N2O3S.C17H26N2O4S.C17H24N2O3S.C16H19N3O3S.O2S/c1-2-16-5-7-18(8-6-16)25(22,23)21-13-14-24-19(21)9-11-20(12-10-19)15-17-3-4-17;1-15-2-6-17(7-3-15)24(21,22)20-12-13-23-18(20)8-10-19(11-9-18)14-16-4-5-16;1-14(2)18-10-8-17(9-11-18)19(12-13-23-17)24(20,21)16-6-4-15(22-3)5-7-16;20-23(21,16-4-2-1-3-5-16)19-12-13-22-17(19)8-10-18(11-9-17)14-15-6-7-15;20-23(21,14-5-1-3-13-4-2-8-17-15(13)14)19-10-6-16(7-11-19)18-9-12-22-16;1-3-2/h5-8,17H,2-4,9-15H2,1H3;2-3,6-7,16H,4-5,8-14H2,1H3;4-7,14H,8-13H2,1-3H3;1-5,15H,6-14H2;1-5,8,18H,6-7,9-12H2;. The number of likely N-dealkylation sites (tertiary alicyclic amines) is 4. The zero-order valence-corrected chi connectivity index (χ0v) is 76.0. The highest BCUT2D eigenvalue weighted by Crippen LogP contribution is 2.45. The molecule has 0 unspecified atom stereocenters. The minimum atomic E-state index is -3.58. The summed E-state index contributed by atoms with van der Waals surface area (Å²) in [5.41, 5.74) is -0.173. The summed E-state index contributed by atoms with van der Waals surface area (Å²) in [6.07, 6.45) is 18.0. The summed E-state index contributed by atoms with van der Waals surface area (Å²) in [4.78, 5) is 15.8. The van der Waals surface area contributed by atoms with Gasteiger partial charge in [0, 0.05) is 200 Å². The van der Waals surface area contributed by atoms with Crippen LogP contribution in [0.5, 0.6) is 5.75 Å². The number of para-hydroxylation sites is 1. The summed E-state index contributed by atoms with van der Waals surface area (Å²) in [5.74, 6) is 3.26. The molecule has 35 heteroatoms. The van der Waals surface area contributed by atoms with Crippen LogP contribution < -0.4 is 10.1 Å². The molecule has 29 nitrogen and oxygen atoms in total. The van der Waals surface area contributed by atoms with E-state index in [9.17, 15) is 42.1 Å². The van der Waals surface area contributed by atoms with Crippen molar-refractivity contribution >= 4 is 72.6 Å².